The molecule has 2 heteroatoms. The molecule has 0 aromatic heterocycles. The molecule has 0 unspecified atom stereocenters. The van der Waals surface area contributed by atoms with E-state index in [1.54, 1.807) is 0 Å². The van der Waals surface area contributed by atoms with Crippen molar-refractivity contribution in [1.82, 2.24) is 0 Å². The van der Waals surface area contributed by atoms with Crippen LogP contribution in [0.25, 0.3) is 0 Å². The highest BCUT2D eigenvalue weighted by Gasteiger charge is 2.07. The van der Waals surface area contributed by atoms with Gasteiger partial charge in [0.15, 0.2) is 0 Å². The maximum atomic E-state index is 3.79. The first-order valence-electron chi connectivity index (χ1n) is 4.63. The van der Waals surface area contributed by atoms with Crippen molar-refractivity contribution in [1.29, 1.82) is 0 Å². The third-order valence-corrected chi connectivity index (χ3v) is 2.70. The summed E-state index contributed by atoms with van der Waals surface area (Å²) in [5, 5.41) is 0. The Hall–Kier alpha value is -0.760. The van der Waals surface area contributed by atoms with E-state index in [1.807, 2.05) is 6.08 Å². The minimum atomic E-state index is 0.923. The molecule has 0 atom stereocenters. The van der Waals surface area contributed by atoms with Gasteiger partial charge in [0.2, 0.25) is 0 Å². The van der Waals surface area contributed by atoms with Crippen molar-refractivity contribution in [2.24, 2.45) is 0 Å². The Morgan fingerprint density at radius 1 is 1.43 bits per heavy atom. The number of rotatable bonds is 3. The van der Waals surface area contributed by atoms with Gasteiger partial charge < -0.3 is 4.90 Å². The van der Waals surface area contributed by atoms with Crippen LogP contribution in [-0.4, -0.2) is 14.1 Å². The lowest BCUT2D eigenvalue weighted by atomic mass is 10.0. The molecule has 76 valence electrons. The molecule has 1 rings (SSSR count). The Kier molecular flexibility index (Phi) is 3.76. The second kappa shape index (κ2) is 4.65. The Morgan fingerprint density at radius 2 is 2.07 bits per heavy atom. The highest BCUT2D eigenvalue weighted by molar-refractivity contribution is 9.10. The van der Waals surface area contributed by atoms with E-state index in [0.717, 1.165) is 10.9 Å². The SMILES string of the molecule is C=CCc1c(C)cc(Br)cc1N(C)C. The molecule has 0 radical (unpaired) electrons. The zero-order valence-electron chi connectivity index (χ0n) is 8.97. The van der Waals surface area contributed by atoms with E-state index in [9.17, 15) is 0 Å². The van der Waals surface area contributed by atoms with Gasteiger partial charge in [-0.1, -0.05) is 22.0 Å². The van der Waals surface area contributed by atoms with Crippen LogP contribution in [0.15, 0.2) is 29.3 Å². The summed E-state index contributed by atoms with van der Waals surface area (Å²) in [5.41, 5.74) is 3.92. The Balaban J connectivity index is 3.28. The molecule has 0 heterocycles. The monoisotopic (exact) mass is 253 g/mol. The van der Waals surface area contributed by atoms with E-state index in [-0.39, 0.29) is 0 Å². The van der Waals surface area contributed by atoms with E-state index in [0.29, 0.717) is 0 Å². The number of aryl methyl sites for hydroxylation is 1. The first-order chi connectivity index (χ1) is 6.56. The fourth-order valence-electron chi connectivity index (χ4n) is 1.56. The van der Waals surface area contributed by atoms with Crippen molar-refractivity contribution >= 4 is 21.6 Å². The Labute approximate surface area is 94.6 Å². The zero-order valence-corrected chi connectivity index (χ0v) is 10.6. The van der Waals surface area contributed by atoms with Crippen LogP contribution >= 0.6 is 15.9 Å². The van der Waals surface area contributed by atoms with E-state index >= 15 is 0 Å². The van der Waals surface area contributed by atoms with Crippen molar-refractivity contribution in [3.63, 3.8) is 0 Å². The van der Waals surface area contributed by atoms with Gasteiger partial charge in [0.05, 0.1) is 0 Å². The maximum Gasteiger partial charge on any atom is 0.0410 e. The number of nitrogens with zero attached hydrogens (tertiary/aromatic N) is 1. The van der Waals surface area contributed by atoms with Crippen LogP contribution in [0.3, 0.4) is 0 Å². The molecule has 0 aliphatic rings. The van der Waals surface area contributed by atoms with Crippen molar-refractivity contribution in [3.05, 3.63) is 40.4 Å². The lowest BCUT2D eigenvalue weighted by molar-refractivity contribution is 1.08. The molecule has 0 aliphatic heterocycles. The molecular weight excluding hydrogens is 238 g/mol. The van der Waals surface area contributed by atoms with Crippen molar-refractivity contribution in [3.8, 4) is 0 Å². The molecule has 0 saturated heterocycles. The van der Waals surface area contributed by atoms with Crippen molar-refractivity contribution in [2.75, 3.05) is 19.0 Å². The van der Waals surface area contributed by atoms with Crippen LogP contribution in [-0.2, 0) is 6.42 Å². The second-order valence-corrected chi connectivity index (χ2v) is 4.52. The summed E-state index contributed by atoms with van der Waals surface area (Å²) in [6.07, 6.45) is 2.87. The highest BCUT2D eigenvalue weighted by atomic mass is 79.9. The number of allylic oxidation sites excluding steroid dienone is 1. The lowest BCUT2D eigenvalue weighted by Gasteiger charge is -2.19. The van der Waals surface area contributed by atoms with E-state index < -0.39 is 0 Å². The van der Waals surface area contributed by atoms with Gasteiger partial charge >= 0.3 is 0 Å². The Bertz CT molecular complexity index is 342. The summed E-state index contributed by atoms with van der Waals surface area (Å²) in [7, 11) is 4.13. The quantitative estimate of drug-likeness (QED) is 0.745. The number of benzene rings is 1. The summed E-state index contributed by atoms with van der Waals surface area (Å²) in [6.45, 7) is 5.93. The fourth-order valence-corrected chi connectivity index (χ4v) is 2.12. The van der Waals surface area contributed by atoms with Gasteiger partial charge in [0.25, 0.3) is 0 Å². The fraction of sp³-hybridized carbons (Fsp3) is 0.333. The summed E-state index contributed by atoms with van der Waals surface area (Å²) in [5.74, 6) is 0. The molecule has 0 N–H and O–H groups in total. The molecule has 1 aromatic rings. The zero-order chi connectivity index (χ0) is 10.7. The molecule has 0 aliphatic carbocycles. The van der Waals surface area contributed by atoms with E-state index in [4.69, 9.17) is 0 Å². The third-order valence-electron chi connectivity index (χ3n) is 2.24. The minimum Gasteiger partial charge on any atom is -0.377 e. The van der Waals surface area contributed by atoms with Gasteiger partial charge in [0.1, 0.15) is 0 Å². The normalized spacial score (nSPS) is 10.0. The largest absolute Gasteiger partial charge is 0.377 e. The van der Waals surface area contributed by atoms with Crippen molar-refractivity contribution < 1.29 is 0 Å². The van der Waals surface area contributed by atoms with Gasteiger partial charge in [-0.15, -0.1) is 6.58 Å². The van der Waals surface area contributed by atoms with Gasteiger partial charge in [-0.05, 0) is 36.6 Å². The van der Waals surface area contributed by atoms with Gasteiger partial charge in [0, 0.05) is 24.3 Å². The van der Waals surface area contributed by atoms with Crippen molar-refractivity contribution in [2.45, 2.75) is 13.3 Å². The number of hydrogen-bond acceptors (Lipinski definition) is 1. The van der Waals surface area contributed by atoms with Gasteiger partial charge in [-0.2, -0.15) is 0 Å². The molecule has 0 fully saturated rings. The van der Waals surface area contributed by atoms with Gasteiger partial charge in [-0.3, -0.25) is 0 Å². The van der Waals surface area contributed by atoms with E-state index in [1.165, 1.54) is 16.8 Å². The second-order valence-electron chi connectivity index (χ2n) is 3.61. The molecule has 0 amide bonds. The Morgan fingerprint density at radius 3 is 2.57 bits per heavy atom. The third kappa shape index (κ3) is 2.38. The molecular formula is C12H16BrN. The van der Waals surface area contributed by atoms with Crippen LogP contribution in [0.4, 0.5) is 5.69 Å². The van der Waals surface area contributed by atoms with Crippen LogP contribution in [0.1, 0.15) is 11.1 Å². The summed E-state index contributed by atoms with van der Waals surface area (Å²) in [4.78, 5) is 2.14. The van der Waals surface area contributed by atoms with Crippen LogP contribution in [0, 0.1) is 6.92 Å². The molecule has 14 heavy (non-hydrogen) atoms. The standard InChI is InChI=1S/C12H16BrN/c1-5-6-11-9(2)7-10(13)8-12(11)14(3)4/h5,7-8H,1,6H2,2-4H3. The van der Waals surface area contributed by atoms with Crippen LogP contribution in [0.2, 0.25) is 0 Å². The first kappa shape index (κ1) is 11.3. The molecule has 1 nitrogen and oxygen atoms in total. The first-order valence-corrected chi connectivity index (χ1v) is 5.42. The highest BCUT2D eigenvalue weighted by Crippen LogP contribution is 2.27. The number of halogens is 1. The van der Waals surface area contributed by atoms with Gasteiger partial charge in [-0.25, -0.2) is 0 Å². The summed E-state index contributed by atoms with van der Waals surface area (Å²) >= 11 is 3.51. The lowest BCUT2D eigenvalue weighted by Crippen LogP contribution is -2.12. The molecule has 0 saturated carbocycles. The molecule has 1 aromatic carbocycles. The smallest absolute Gasteiger partial charge is 0.0410 e. The number of hydrogen-bond donors (Lipinski definition) is 0. The van der Waals surface area contributed by atoms with Crippen LogP contribution in [0.5, 0.6) is 0 Å². The summed E-state index contributed by atoms with van der Waals surface area (Å²) in [6, 6.07) is 4.29. The molecule has 0 bridgehead atoms. The van der Waals surface area contributed by atoms with Crippen LogP contribution < -0.4 is 4.90 Å². The predicted octanol–water partition coefficient (Wildman–Crippen LogP) is 3.55. The summed E-state index contributed by atoms with van der Waals surface area (Å²) < 4.78 is 1.13. The maximum absolute atomic E-state index is 3.79. The minimum absolute atomic E-state index is 0.923. The average Bonchev–Trinajstić information content (AvgIpc) is 2.09. The molecule has 0 spiro atoms. The predicted molar refractivity (Wildman–Crippen MR) is 67.1 cm³/mol. The average molecular weight is 254 g/mol. The topological polar surface area (TPSA) is 3.24 Å². The van der Waals surface area contributed by atoms with E-state index in [2.05, 4.69) is 60.6 Å². The number of anilines is 1.